The first-order chi connectivity index (χ1) is 11.2. The zero-order chi connectivity index (χ0) is 17.6. The minimum absolute atomic E-state index is 0.397. The van der Waals surface area contributed by atoms with Crippen molar-refractivity contribution in [1.82, 2.24) is 19.6 Å². The maximum Gasteiger partial charge on any atom is 0.163 e. The monoisotopic (exact) mass is 331 g/mol. The number of rotatable bonds is 4. The first kappa shape index (κ1) is 16.4. The van der Waals surface area contributed by atoms with Crippen LogP contribution in [-0.4, -0.2) is 24.7 Å². The number of hydrogen-bond donors (Lipinski definition) is 2. The Morgan fingerprint density at radius 1 is 1.29 bits per heavy atom. The molecule has 1 aromatic carbocycles. The molecule has 0 amide bonds. The van der Waals surface area contributed by atoms with Gasteiger partial charge >= 0.3 is 0 Å². The number of halogens is 1. The summed E-state index contributed by atoms with van der Waals surface area (Å²) in [5.41, 5.74) is 1.63. The third-order valence-corrected chi connectivity index (χ3v) is 4.13. The van der Waals surface area contributed by atoms with Crippen LogP contribution >= 0.6 is 0 Å². The molecule has 3 rings (SSSR count). The second-order valence-corrected chi connectivity index (χ2v) is 6.49. The first-order valence-electron chi connectivity index (χ1n) is 7.91. The van der Waals surface area contributed by atoms with E-state index in [1.165, 1.54) is 6.07 Å². The standard InChI is InChI=1S/C17H22FN5O/c1-6-23-9-13(10(2)20-23)19-16-15-12(18)7-11(17(3,4)24)8-14(15)22(5)21-16/h7-9,24H,6H2,1-5H3,(H,19,21). The number of nitrogens with one attached hydrogen (secondary N) is 1. The quantitative estimate of drug-likeness (QED) is 0.770. The van der Waals surface area contributed by atoms with Gasteiger partial charge in [-0.05, 0) is 45.4 Å². The van der Waals surface area contributed by atoms with E-state index in [2.05, 4.69) is 15.5 Å². The Morgan fingerprint density at radius 2 is 2.00 bits per heavy atom. The SMILES string of the molecule is CCn1cc(Nc2nn(C)c3cc(C(C)(C)O)cc(F)c23)c(C)n1. The summed E-state index contributed by atoms with van der Waals surface area (Å²) >= 11 is 0. The molecule has 6 nitrogen and oxygen atoms in total. The zero-order valence-corrected chi connectivity index (χ0v) is 14.6. The van der Waals surface area contributed by atoms with Crippen molar-refractivity contribution < 1.29 is 9.50 Å². The van der Waals surface area contributed by atoms with Gasteiger partial charge in [-0.1, -0.05) is 0 Å². The first-order valence-corrected chi connectivity index (χ1v) is 7.91. The van der Waals surface area contributed by atoms with Gasteiger partial charge in [0.05, 0.1) is 27.9 Å². The van der Waals surface area contributed by atoms with Gasteiger partial charge in [-0.15, -0.1) is 0 Å². The van der Waals surface area contributed by atoms with Gasteiger partial charge in [0.1, 0.15) is 5.82 Å². The van der Waals surface area contributed by atoms with Crippen molar-refractivity contribution in [2.45, 2.75) is 39.8 Å². The topological polar surface area (TPSA) is 67.9 Å². The Kier molecular flexibility index (Phi) is 3.83. The molecule has 0 aliphatic rings. The second kappa shape index (κ2) is 5.59. The molecule has 0 aliphatic heterocycles. The Morgan fingerprint density at radius 3 is 2.58 bits per heavy atom. The van der Waals surface area contributed by atoms with E-state index in [1.54, 1.807) is 31.6 Å². The van der Waals surface area contributed by atoms with Crippen LogP contribution in [0.2, 0.25) is 0 Å². The number of aryl methyl sites for hydroxylation is 3. The van der Waals surface area contributed by atoms with Crippen molar-refractivity contribution in [2.24, 2.45) is 7.05 Å². The summed E-state index contributed by atoms with van der Waals surface area (Å²) in [4.78, 5) is 0. The van der Waals surface area contributed by atoms with Gasteiger partial charge < -0.3 is 10.4 Å². The molecule has 128 valence electrons. The molecule has 0 bridgehead atoms. The van der Waals surface area contributed by atoms with Gasteiger partial charge in [-0.25, -0.2) is 4.39 Å². The molecule has 0 saturated carbocycles. The number of benzene rings is 1. The van der Waals surface area contributed by atoms with Crippen LogP contribution in [0.5, 0.6) is 0 Å². The third-order valence-electron chi connectivity index (χ3n) is 4.13. The highest BCUT2D eigenvalue weighted by Crippen LogP contribution is 2.32. The highest BCUT2D eigenvalue weighted by atomic mass is 19.1. The average Bonchev–Trinajstić information content (AvgIpc) is 3.00. The summed E-state index contributed by atoms with van der Waals surface area (Å²) in [7, 11) is 1.75. The molecular formula is C17H22FN5O. The van der Waals surface area contributed by atoms with E-state index in [1.807, 2.05) is 24.7 Å². The van der Waals surface area contributed by atoms with E-state index in [9.17, 15) is 9.50 Å². The second-order valence-electron chi connectivity index (χ2n) is 6.49. The predicted octanol–water partition coefficient (Wildman–Crippen LogP) is 3.21. The van der Waals surface area contributed by atoms with Gasteiger partial charge in [0.15, 0.2) is 5.82 Å². The number of fused-ring (bicyclic) bond motifs is 1. The summed E-state index contributed by atoms with van der Waals surface area (Å²) in [6.07, 6.45) is 1.87. The molecule has 0 unspecified atom stereocenters. The minimum Gasteiger partial charge on any atom is -0.386 e. The van der Waals surface area contributed by atoms with Crippen LogP contribution in [0.1, 0.15) is 32.0 Å². The molecular weight excluding hydrogens is 309 g/mol. The lowest BCUT2D eigenvalue weighted by Gasteiger charge is -2.18. The Labute approximate surface area is 139 Å². The fraction of sp³-hybridized carbons (Fsp3) is 0.412. The van der Waals surface area contributed by atoms with Gasteiger partial charge in [0, 0.05) is 19.8 Å². The molecule has 0 spiro atoms. The molecule has 2 N–H and O–H groups in total. The Hall–Kier alpha value is -2.41. The van der Waals surface area contributed by atoms with E-state index in [0.717, 1.165) is 17.9 Å². The lowest BCUT2D eigenvalue weighted by Crippen LogP contribution is -2.15. The summed E-state index contributed by atoms with van der Waals surface area (Å²) in [6, 6.07) is 3.12. The van der Waals surface area contributed by atoms with Crippen LogP contribution in [0.25, 0.3) is 10.9 Å². The molecule has 0 saturated heterocycles. The zero-order valence-electron chi connectivity index (χ0n) is 14.6. The predicted molar refractivity (Wildman–Crippen MR) is 91.8 cm³/mol. The Balaban J connectivity index is 2.11. The van der Waals surface area contributed by atoms with Gasteiger partial charge in [-0.2, -0.15) is 10.2 Å². The highest BCUT2D eigenvalue weighted by molar-refractivity contribution is 5.93. The normalized spacial score (nSPS) is 12.1. The molecule has 0 aliphatic carbocycles. The van der Waals surface area contributed by atoms with Gasteiger partial charge in [0.2, 0.25) is 0 Å². The largest absolute Gasteiger partial charge is 0.386 e. The molecule has 2 aromatic heterocycles. The fourth-order valence-electron chi connectivity index (χ4n) is 2.71. The van der Waals surface area contributed by atoms with Crippen LogP contribution in [0.4, 0.5) is 15.9 Å². The van der Waals surface area contributed by atoms with E-state index >= 15 is 0 Å². The molecule has 7 heteroatoms. The van der Waals surface area contributed by atoms with Crippen LogP contribution in [-0.2, 0) is 19.2 Å². The van der Waals surface area contributed by atoms with Crippen LogP contribution in [0.3, 0.4) is 0 Å². The molecule has 0 atom stereocenters. The van der Waals surface area contributed by atoms with Crippen molar-refractivity contribution in [3.05, 3.63) is 35.4 Å². The highest BCUT2D eigenvalue weighted by Gasteiger charge is 2.22. The van der Waals surface area contributed by atoms with E-state index < -0.39 is 11.4 Å². The average molecular weight is 331 g/mol. The van der Waals surface area contributed by atoms with Crippen LogP contribution < -0.4 is 5.32 Å². The number of nitrogens with zero attached hydrogens (tertiary/aromatic N) is 4. The van der Waals surface area contributed by atoms with Crippen LogP contribution in [0, 0.1) is 12.7 Å². The number of aromatic nitrogens is 4. The summed E-state index contributed by atoms with van der Waals surface area (Å²) < 4.78 is 18.1. The van der Waals surface area contributed by atoms with E-state index in [0.29, 0.717) is 22.3 Å². The number of hydrogen-bond acceptors (Lipinski definition) is 4. The lowest BCUT2D eigenvalue weighted by atomic mass is 9.97. The van der Waals surface area contributed by atoms with Crippen molar-refractivity contribution in [2.75, 3.05) is 5.32 Å². The number of anilines is 2. The van der Waals surface area contributed by atoms with Crippen molar-refractivity contribution in [3.63, 3.8) is 0 Å². The smallest absolute Gasteiger partial charge is 0.163 e. The summed E-state index contributed by atoms with van der Waals surface area (Å²) in [5, 5.41) is 22.5. The van der Waals surface area contributed by atoms with E-state index in [4.69, 9.17) is 0 Å². The lowest BCUT2D eigenvalue weighted by molar-refractivity contribution is 0.0784. The summed E-state index contributed by atoms with van der Waals surface area (Å²) in [6.45, 7) is 7.92. The molecule has 0 radical (unpaired) electrons. The molecule has 2 heterocycles. The maximum atomic E-state index is 14.7. The molecule has 3 aromatic rings. The van der Waals surface area contributed by atoms with Crippen molar-refractivity contribution >= 4 is 22.4 Å². The number of aliphatic hydroxyl groups is 1. The van der Waals surface area contributed by atoms with Gasteiger partial charge in [-0.3, -0.25) is 9.36 Å². The van der Waals surface area contributed by atoms with Crippen molar-refractivity contribution in [1.29, 1.82) is 0 Å². The van der Waals surface area contributed by atoms with Crippen LogP contribution in [0.15, 0.2) is 18.3 Å². The molecule has 0 fully saturated rings. The third kappa shape index (κ3) is 2.75. The molecule has 24 heavy (non-hydrogen) atoms. The maximum absolute atomic E-state index is 14.7. The fourth-order valence-corrected chi connectivity index (χ4v) is 2.71. The minimum atomic E-state index is -1.12. The summed E-state index contributed by atoms with van der Waals surface area (Å²) in [5.74, 6) is 0.0202. The Bertz CT molecular complexity index is 904. The van der Waals surface area contributed by atoms with Crippen molar-refractivity contribution in [3.8, 4) is 0 Å². The van der Waals surface area contributed by atoms with E-state index in [-0.39, 0.29) is 0 Å². The van der Waals surface area contributed by atoms with Gasteiger partial charge in [0.25, 0.3) is 0 Å².